The van der Waals surface area contributed by atoms with Crippen LogP contribution in [0.3, 0.4) is 0 Å². The predicted octanol–water partition coefficient (Wildman–Crippen LogP) is 9.62. The Hall–Kier alpha value is -4.45. The fourth-order valence-corrected chi connectivity index (χ4v) is 6.17. The summed E-state index contributed by atoms with van der Waals surface area (Å²) in [5, 5.41) is 2.03. The van der Waals surface area contributed by atoms with E-state index in [0.717, 1.165) is 7.05 Å². The number of carbonyl (C=O) groups is 3. The number of halogens is 12. The lowest BCUT2D eigenvalue weighted by molar-refractivity contribution is -0.389. The molecule has 0 spiro atoms. The van der Waals surface area contributed by atoms with Gasteiger partial charge in [0.25, 0.3) is 11.8 Å². The Kier molecular flexibility index (Phi) is 10.5. The third-order valence-electron chi connectivity index (χ3n) is 7.30. The normalized spacial score (nSPS) is 13.4. The number of nitrogen functional groups attached to an aromatic ring is 1. The molecule has 1 atom stereocenters. The van der Waals surface area contributed by atoms with Crippen LogP contribution in [0.5, 0.6) is 0 Å². The minimum absolute atomic E-state index is 0.0180. The van der Waals surface area contributed by atoms with Crippen molar-refractivity contribution in [2.75, 3.05) is 23.0 Å². The molecule has 4 aromatic rings. The van der Waals surface area contributed by atoms with Gasteiger partial charge in [0.05, 0.1) is 22.5 Å². The van der Waals surface area contributed by atoms with Gasteiger partial charge in [0.15, 0.2) is 11.6 Å². The first kappa shape index (κ1) is 38.4. The van der Waals surface area contributed by atoms with Crippen LogP contribution in [-0.2, 0) is 5.67 Å². The highest BCUT2D eigenvalue weighted by atomic mass is 79.9. The van der Waals surface area contributed by atoms with Crippen molar-refractivity contribution < 1.29 is 58.3 Å². The maximum absolute atomic E-state index is 16.4. The highest BCUT2D eigenvalue weighted by molar-refractivity contribution is 9.11. The number of nitrogens with two attached hydrogens (primary N) is 1. The molecule has 50 heavy (non-hydrogen) atoms. The number of carbonyl (C=O) groups excluding carboxylic acids is 3. The minimum Gasteiger partial charge on any atom is -0.398 e. The number of ketones is 1. The molecule has 0 saturated carbocycles. The maximum atomic E-state index is 16.4. The number of hydrogen-bond acceptors (Lipinski definition) is 4. The van der Waals surface area contributed by atoms with Crippen molar-refractivity contribution in [3.05, 3.63) is 121 Å². The lowest BCUT2D eigenvalue weighted by atomic mass is 9.87. The van der Waals surface area contributed by atoms with Crippen LogP contribution in [0, 0.1) is 5.82 Å². The monoisotopic (exact) mass is 841 g/mol. The molecular weight excluding hydrogens is 824 g/mol. The van der Waals surface area contributed by atoms with Crippen molar-refractivity contribution in [2.45, 2.75) is 23.9 Å². The largest absolute Gasteiger partial charge is 0.457 e. The van der Waals surface area contributed by atoms with Gasteiger partial charge in [-0.2, -0.15) is 35.1 Å². The number of hydrogen-bond donors (Lipinski definition) is 2. The van der Waals surface area contributed by atoms with E-state index in [1.807, 2.05) is 5.32 Å². The highest BCUT2D eigenvalue weighted by Crippen LogP contribution is 2.59. The molecule has 0 fully saturated rings. The van der Waals surface area contributed by atoms with Gasteiger partial charge in [-0.15, -0.1) is 0 Å². The topological polar surface area (TPSA) is 92.5 Å². The van der Waals surface area contributed by atoms with E-state index in [2.05, 4.69) is 31.9 Å². The third kappa shape index (κ3) is 6.69. The Morgan fingerprint density at radius 1 is 0.740 bits per heavy atom. The predicted molar refractivity (Wildman–Crippen MR) is 170 cm³/mol. The Morgan fingerprint density at radius 2 is 1.22 bits per heavy atom. The number of nitrogens with one attached hydrogen (secondary N) is 1. The lowest BCUT2D eigenvalue weighted by Crippen LogP contribution is -2.59. The molecule has 18 heteroatoms. The molecular formula is C32H19Br2F10N3O3. The van der Waals surface area contributed by atoms with Crippen LogP contribution in [0.15, 0.2) is 87.8 Å². The summed E-state index contributed by atoms with van der Waals surface area (Å²) >= 11 is 5.25. The number of rotatable bonds is 8. The van der Waals surface area contributed by atoms with Crippen LogP contribution in [0.1, 0.15) is 42.2 Å². The average molecular weight is 843 g/mol. The molecule has 2 amide bonds. The van der Waals surface area contributed by atoms with Gasteiger partial charge in [0.1, 0.15) is 0 Å². The van der Waals surface area contributed by atoms with Crippen LogP contribution in [0.2, 0.25) is 0 Å². The fraction of sp³-hybridized carbons (Fsp3) is 0.156. The second kappa shape index (κ2) is 13.7. The molecule has 0 aliphatic heterocycles. The highest BCUT2D eigenvalue weighted by Gasteiger charge is 2.81. The van der Waals surface area contributed by atoms with Gasteiger partial charge in [-0.1, -0.05) is 48.5 Å². The molecule has 1 unspecified atom stereocenters. The summed E-state index contributed by atoms with van der Waals surface area (Å²) in [4.78, 5) is 41.1. The van der Waals surface area contributed by atoms with Gasteiger partial charge >= 0.3 is 23.9 Å². The smallest absolute Gasteiger partial charge is 0.398 e. The van der Waals surface area contributed by atoms with Crippen LogP contribution < -0.4 is 16.0 Å². The number of nitrogens with zero attached hydrogens (tertiary/aromatic N) is 1. The number of benzene rings is 4. The number of amides is 2. The Morgan fingerprint density at radius 3 is 1.68 bits per heavy atom. The number of alkyl halides is 9. The molecule has 4 aromatic carbocycles. The van der Waals surface area contributed by atoms with Crippen LogP contribution in [0.4, 0.5) is 61.0 Å². The van der Waals surface area contributed by atoms with E-state index in [9.17, 15) is 49.5 Å². The molecule has 4 rings (SSSR count). The summed E-state index contributed by atoms with van der Waals surface area (Å²) in [5.41, 5.74) is -5.71. The van der Waals surface area contributed by atoms with E-state index in [1.165, 1.54) is 48.5 Å². The van der Waals surface area contributed by atoms with Crippen molar-refractivity contribution in [3.63, 3.8) is 0 Å². The summed E-state index contributed by atoms with van der Waals surface area (Å²) in [6.07, 6.45) is -13.8. The molecule has 0 aliphatic carbocycles. The van der Waals surface area contributed by atoms with Gasteiger partial charge in [-0.25, -0.2) is 8.78 Å². The SMILES string of the molecule is CN(C(=O)c1ccccc1)c1c(F)c(C(=O)Nc2c(Br)cc(C(F)(C(F)(F)F)C(F)(F)C(F)(F)F)cc2Br)cc(N)c1C(=O)c1ccccc1. The maximum Gasteiger partial charge on any atom is 0.457 e. The van der Waals surface area contributed by atoms with Gasteiger partial charge in [-0.3, -0.25) is 14.4 Å². The van der Waals surface area contributed by atoms with E-state index in [1.54, 1.807) is 12.1 Å². The molecule has 3 N–H and O–H groups in total. The van der Waals surface area contributed by atoms with Crippen molar-refractivity contribution in [1.29, 1.82) is 0 Å². The van der Waals surface area contributed by atoms with Gasteiger partial charge < -0.3 is 16.0 Å². The second-order valence-electron chi connectivity index (χ2n) is 10.5. The first-order valence-corrected chi connectivity index (χ1v) is 15.2. The molecule has 6 nitrogen and oxygen atoms in total. The van der Waals surface area contributed by atoms with Gasteiger partial charge in [-0.05, 0) is 62.2 Å². The molecule has 0 aromatic heterocycles. The summed E-state index contributed by atoms with van der Waals surface area (Å²) in [7, 11) is 1.09. The zero-order valence-electron chi connectivity index (χ0n) is 24.8. The summed E-state index contributed by atoms with van der Waals surface area (Å²) in [6, 6.07) is 15.2. The van der Waals surface area contributed by atoms with Gasteiger partial charge in [0, 0.05) is 38.4 Å². The van der Waals surface area contributed by atoms with Crippen molar-refractivity contribution in [3.8, 4) is 0 Å². The molecule has 0 aliphatic rings. The fourth-order valence-electron chi connectivity index (χ4n) is 4.78. The zero-order chi connectivity index (χ0) is 37.6. The Labute approximate surface area is 292 Å². The first-order valence-electron chi connectivity index (χ1n) is 13.6. The zero-order valence-corrected chi connectivity index (χ0v) is 28.0. The van der Waals surface area contributed by atoms with E-state index in [-0.39, 0.29) is 23.3 Å². The van der Waals surface area contributed by atoms with Gasteiger partial charge in [0.2, 0.25) is 0 Å². The first-order chi connectivity index (χ1) is 23.1. The van der Waals surface area contributed by atoms with Crippen LogP contribution >= 0.6 is 31.9 Å². The van der Waals surface area contributed by atoms with E-state index in [0.29, 0.717) is 11.0 Å². The summed E-state index contributed by atoms with van der Waals surface area (Å²) in [6.45, 7) is 0. The van der Waals surface area contributed by atoms with E-state index in [4.69, 9.17) is 5.73 Å². The van der Waals surface area contributed by atoms with Crippen molar-refractivity contribution in [2.24, 2.45) is 0 Å². The molecule has 0 saturated heterocycles. The van der Waals surface area contributed by atoms with Crippen molar-refractivity contribution in [1.82, 2.24) is 0 Å². The second-order valence-corrected chi connectivity index (χ2v) is 12.2. The average Bonchev–Trinajstić information content (AvgIpc) is 3.05. The molecule has 0 radical (unpaired) electrons. The molecule has 0 bridgehead atoms. The molecule has 0 heterocycles. The van der Waals surface area contributed by atoms with E-state index >= 15 is 8.78 Å². The summed E-state index contributed by atoms with van der Waals surface area (Å²) in [5.74, 6) is -11.6. The quantitative estimate of drug-likeness (QED) is 0.105. The molecule has 264 valence electrons. The van der Waals surface area contributed by atoms with Crippen molar-refractivity contribution >= 4 is 66.5 Å². The van der Waals surface area contributed by atoms with Crippen LogP contribution in [-0.4, -0.2) is 42.9 Å². The Bertz CT molecular complexity index is 1950. The van der Waals surface area contributed by atoms with Crippen LogP contribution in [0.25, 0.3) is 0 Å². The summed E-state index contributed by atoms with van der Waals surface area (Å²) < 4.78 is 138. The minimum atomic E-state index is -6.98. The Balaban J connectivity index is 1.85. The lowest BCUT2D eigenvalue weighted by Gasteiger charge is -2.36. The number of anilines is 3. The third-order valence-corrected chi connectivity index (χ3v) is 8.55. The standard InChI is InChI=1S/C32H19Br2F10N3O3/c1-47(28(50)16-10-6-3-7-11-16)25-22(26(48)15-8-4-2-5-9-15)21(45)14-18(23(25)35)27(49)46-24-19(33)12-17(13-20(24)34)29(36,31(39,40)41)30(37,38)32(42,43)44/h2-14H,45H2,1H3,(H,46,49). The van der Waals surface area contributed by atoms with E-state index < -0.39 is 90.1 Å².